The van der Waals surface area contributed by atoms with Crippen LogP contribution in [0.4, 0.5) is 4.39 Å². The van der Waals surface area contributed by atoms with Crippen molar-refractivity contribution in [2.45, 2.75) is 29.0 Å². The molecule has 35 heavy (non-hydrogen) atoms. The van der Waals surface area contributed by atoms with E-state index in [0.717, 1.165) is 22.7 Å². The fourth-order valence-corrected chi connectivity index (χ4v) is 5.91. The number of β-lactam (4-membered cyclic amide) rings is 1. The molecule has 15 heteroatoms. The number of amides is 2. The molecule has 1 saturated heterocycles. The van der Waals surface area contributed by atoms with Crippen molar-refractivity contribution >= 4 is 47.3 Å². The lowest BCUT2D eigenvalue weighted by atomic mass is 10.0. The summed E-state index contributed by atoms with van der Waals surface area (Å²) >= 11 is 2.39. The summed E-state index contributed by atoms with van der Waals surface area (Å²) in [5.74, 6) is -3.58. The number of carbonyl (C=O) groups is 4. The predicted octanol–water partition coefficient (Wildman–Crippen LogP) is 0.102. The van der Waals surface area contributed by atoms with E-state index < -0.39 is 47.0 Å². The topological polar surface area (TPSA) is 192 Å². The molecular formula is C20H19FN6O6S2. The fourth-order valence-electron chi connectivity index (χ4n) is 3.61. The van der Waals surface area contributed by atoms with Crippen LogP contribution in [0.25, 0.3) is 0 Å². The minimum Gasteiger partial charge on any atom is -0.481 e. The summed E-state index contributed by atoms with van der Waals surface area (Å²) < 4.78 is 13.4. The van der Waals surface area contributed by atoms with Gasteiger partial charge in [0.05, 0.1) is 0 Å². The highest BCUT2D eigenvalue weighted by molar-refractivity contribution is 8.01. The second-order valence-corrected chi connectivity index (χ2v) is 9.66. The molecule has 2 aliphatic rings. The molecule has 184 valence electrons. The third-order valence-electron chi connectivity index (χ3n) is 5.24. The highest BCUT2D eigenvalue weighted by Crippen LogP contribution is 2.41. The van der Waals surface area contributed by atoms with Crippen LogP contribution in [0.3, 0.4) is 0 Å². The molecule has 2 aliphatic heterocycles. The number of nitrogens with one attached hydrogen (secondary N) is 2. The molecule has 0 bridgehead atoms. The van der Waals surface area contributed by atoms with Crippen LogP contribution in [-0.2, 0) is 25.6 Å². The lowest BCUT2D eigenvalue weighted by Crippen LogP contribution is -2.71. The van der Waals surface area contributed by atoms with Gasteiger partial charge in [0.15, 0.2) is 0 Å². The zero-order valence-electron chi connectivity index (χ0n) is 17.8. The summed E-state index contributed by atoms with van der Waals surface area (Å²) in [6.07, 6.45) is -0.327. The molecule has 4 rings (SSSR count). The maximum Gasteiger partial charge on any atom is 0.352 e. The van der Waals surface area contributed by atoms with Crippen LogP contribution < -0.4 is 11.1 Å². The first-order chi connectivity index (χ1) is 16.7. The van der Waals surface area contributed by atoms with Crippen molar-refractivity contribution in [1.82, 2.24) is 25.4 Å². The van der Waals surface area contributed by atoms with Gasteiger partial charge in [0, 0.05) is 11.5 Å². The van der Waals surface area contributed by atoms with Crippen LogP contribution in [0.1, 0.15) is 17.4 Å². The van der Waals surface area contributed by atoms with E-state index in [1.54, 1.807) is 0 Å². The minimum absolute atomic E-state index is 0.164. The lowest BCUT2D eigenvalue weighted by Gasteiger charge is -2.49. The number of fused-ring (bicyclic) bond motifs is 1. The normalized spacial score (nSPS) is 20.2. The SMILES string of the molecule is NC(C(=O)NC1C(=O)N2C(C(=O)O)=C(CSc3n[nH]c(CC(=O)O)n3)CS[C@@H]12)c1cccc(F)c1. The van der Waals surface area contributed by atoms with Gasteiger partial charge in [0.1, 0.15) is 41.2 Å². The Morgan fingerprint density at radius 2 is 2.14 bits per heavy atom. The third-order valence-corrected chi connectivity index (χ3v) is 7.52. The van der Waals surface area contributed by atoms with Crippen LogP contribution in [0.2, 0.25) is 0 Å². The van der Waals surface area contributed by atoms with Crippen LogP contribution >= 0.6 is 23.5 Å². The number of thioether (sulfide) groups is 2. The van der Waals surface area contributed by atoms with Gasteiger partial charge in [-0.05, 0) is 23.3 Å². The number of carboxylic acids is 2. The van der Waals surface area contributed by atoms with E-state index in [-0.39, 0.29) is 40.2 Å². The average Bonchev–Trinajstić information content (AvgIpc) is 3.26. The Bertz CT molecular complexity index is 1240. The summed E-state index contributed by atoms with van der Waals surface area (Å²) in [7, 11) is 0. The Labute approximate surface area is 205 Å². The lowest BCUT2D eigenvalue weighted by molar-refractivity contribution is -0.150. The van der Waals surface area contributed by atoms with Crippen molar-refractivity contribution in [3.05, 3.63) is 52.7 Å². The van der Waals surface area contributed by atoms with E-state index in [2.05, 4.69) is 20.5 Å². The average molecular weight is 523 g/mol. The molecule has 12 nitrogen and oxygen atoms in total. The van der Waals surface area contributed by atoms with Crippen LogP contribution in [0, 0.1) is 5.82 Å². The van der Waals surface area contributed by atoms with Crippen molar-refractivity contribution in [3.8, 4) is 0 Å². The fraction of sp³-hybridized carbons (Fsp3) is 0.300. The number of nitrogens with two attached hydrogens (primary N) is 1. The molecule has 2 amide bonds. The van der Waals surface area contributed by atoms with Crippen molar-refractivity contribution in [3.63, 3.8) is 0 Å². The van der Waals surface area contributed by atoms with E-state index in [1.165, 1.54) is 30.0 Å². The van der Waals surface area contributed by atoms with Gasteiger partial charge in [-0.25, -0.2) is 14.2 Å². The maximum atomic E-state index is 13.4. The monoisotopic (exact) mass is 522 g/mol. The van der Waals surface area contributed by atoms with Gasteiger partial charge < -0.3 is 21.3 Å². The molecule has 6 N–H and O–H groups in total. The highest BCUT2D eigenvalue weighted by atomic mass is 32.2. The Morgan fingerprint density at radius 3 is 2.83 bits per heavy atom. The van der Waals surface area contributed by atoms with Gasteiger partial charge >= 0.3 is 11.9 Å². The van der Waals surface area contributed by atoms with Crippen molar-refractivity contribution < 1.29 is 33.8 Å². The summed E-state index contributed by atoms with van der Waals surface area (Å²) in [6.45, 7) is 0. The minimum atomic E-state index is -1.29. The van der Waals surface area contributed by atoms with Crippen molar-refractivity contribution in [1.29, 1.82) is 0 Å². The number of aromatic nitrogens is 3. The van der Waals surface area contributed by atoms with E-state index in [1.807, 2.05) is 0 Å². The first kappa shape index (κ1) is 24.7. The standard InChI is InChI=1S/C20H19FN6O6S2/c21-10-3-1-2-8(4-10)13(22)16(30)24-14-17(31)27-15(19(32)33)9(6-34-18(14)27)7-35-20-23-11(25-26-20)5-12(28)29/h1-4,13-14,18H,5-7,22H2,(H,24,30)(H,28,29)(H,32,33)(H,23,25,26)/t13?,14?,18-/m0/s1. The predicted molar refractivity (Wildman–Crippen MR) is 121 cm³/mol. The first-order valence-corrected chi connectivity index (χ1v) is 12.2. The van der Waals surface area contributed by atoms with Gasteiger partial charge in [-0.15, -0.1) is 16.9 Å². The zero-order valence-corrected chi connectivity index (χ0v) is 19.4. The summed E-state index contributed by atoms with van der Waals surface area (Å²) in [5, 5.41) is 27.1. The number of carbonyl (C=O) groups excluding carboxylic acids is 2. The second kappa shape index (κ2) is 10.1. The molecule has 3 atom stereocenters. The number of hydrogen-bond acceptors (Lipinski definition) is 9. The summed E-state index contributed by atoms with van der Waals surface area (Å²) in [5.41, 5.74) is 6.43. The van der Waals surface area contributed by atoms with E-state index in [9.17, 15) is 28.7 Å². The molecule has 0 radical (unpaired) electrons. The number of aliphatic carboxylic acids is 2. The first-order valence-electron chi connectivity index (χ1n) is 10.1. The number of H-pyrrole nitrogens is 1. The van der Waals surface area contributed by atoms with Crippen molar-refractivity contribution in [2.75, 3.05) is 11.5 Å². The highest BCUT2D eigenvalue weighted by Gasteiger charge is 2.54. The molecule has 1 fully saturated rings. The van der Waals surface area contributed by atoms with Gasteiger partial charge in [0.25, 0.3) is 5.91 Å². The smallest absolute Gasteiger partial charge is 0.352 e. The van der Waals surface area contributed by atoms with E-state index in [4.69, 9.17) is 10.8 Å². The largest absolute Gasteiger partial charge is 0.481 e. The molecule has 0 aliphatic carbocycles. The Kier molecular flexibility index (Phi) is 7.09. The molecule has 0 spiro atoms. The third kappa shape index (κ3) is 5.16. The van der Waals surface area contributed by atoms with Gasteiger partial charge in [-0.2, -0.15) is 0 Å². The number of aromatic amines is 1. The van der Waals surface area contributed by atoms with Crippen LogP contribution in [0.15, 0.2) is 40.7 Å². The van der Waals surface area contributed by atoms with Gasteiger partial charge in [-0.1, -0.05) is 23.9 Å². The molecule has 2 aromatic rings. The molecule has 1 aromatic carbocycles. The maximum absolute atomic E-state index is 13.4. The van der Waals surface area contributed by atoms with Crippen LogP contribution in [-0.4, -0.2) is 77.0 Å². The number of hydrogen-bond donors (Lipinski definition) is 5. The number of carboxylic acid groups (broad SMARTS) is 2. The Morgan fingerprint density at radius 1 is 1.37 bits per heavy atom. The molecule has 3 heterocycles. The molecular weight excluding hydrogens is 503 g/mol. The number of rotatable bonds is 9. The Hall–Kier alpha value is -3.43. The summed E-state index contributed by atoms with van der Waals surface area (Å²) in [4.78, 5) is 53.3. The zero-order chi connectivity index (χ0) is 25.3. The Balaban J connectivity index is 1.43. The van der Waals surface area contributed by atoms with Gasteiger partial charge in [0.2, 0.25) is 11.1 Å². The second-order valence-electron chi connectivity index (χ2n) is 7.61. The van der Waals surface area contributed by atoms with Crippen molar-refractivity contribution in [2.24, 2.45) is 5.73 Å². The quantitative estimate of drug-likeness (QED) is 0.222. The van der Waals surface area contributed by atoms with Crippen LogP contribution in [0.5, 0.6) is 0 Å². The van der Waals surface area contributed by atoms with Gasteiger partial charge in [-0.3, -0.25) is 24.4 Å². The number of benzene rings is 1. The molecule has 1 aromatic heterocycles. The number of nitrogens with zero attached hydrogens (tertiary/aromatic N) is 3. The number of halogens is 1. The summed E-state index contributed by atoms with van der Waals surface area (Å²) in [6, 6.07) is 3.08. The van der Waals surface area contributed by atoms with E-state index in [0.29, 0.717) is 5.57 Å². The van der Waals surface area contributed by atoms with E-state index >= 15 is 0 Å². The molecule has 0 saturated carbocycles. The molecule has 2 unspecified atom stereocenters.